The maximum Gasteiger partial charge on any atom is 0.241 e. The predicted molar refractivity (Wildman–Crippen MR) is 77.6 cm³/mol. The summed E-state index contributed by atoms with van der Waals surface area (Å²) in [4.78, 5) is 11.9. The van der Waals surface area contributed by atoms with E-state index in [1.165, 1.54) is 23.9 Å². The van der Waals surface area contributed by atoms with E-state index in [1.807, 2.05) is 0 Å². The summed E-state index contributed by atoms with van der Waals surface area (Å²) in [5.41, 5.74) is 0. The van der Waals surface area contributed by atoms with Crippen LogP contribution in [0.1, 0.15) is 0 Å². The number of nitriles is 1. The summed E-state index contributed by atoms with van der Waals surface area (Å²) in [5.74, 6) is -0.232. The SMILES string of the molecule is CSCC(NS(=O)(=O)c1ccccc1)C(=O)NCC#N. The van der Waals surface area contributed by atoms with Crippen LogP contribution in [-0.4, -0.2) is 38.9 Å². The number of hydrogen-bond donors (Lipinski definition) is 2. The highest BCUT2D eigenvalue weighted by molar-refractivity contribution is 7.98. The van der Waals surface area contributed by atoms with Gasteiger partial charge in [0.1, 0.15) is 12.6 Å². The molecule has 0 spiro atoms. The molecule has 8 heteroatoms. The third kappa shape index (κ3) is 4.85. The van der Waals surface area contributed by atoms with E-state index in [4.69, 9.17) is 5.26 Å². The van der Waals surface area contributed by atoms with Crippen LogP contribution >= 0.6 is 11.8 Å². The smallest absolute Gasteiger partial charge is 0.241 e. The number of hydrogen-bond acceptors (Lipinski definition) is 5. The summed E-state index contributed by atoms with van der Waals surface area (Å²) in [6.45, 7) is -0.156. The zero-order valence-corrected chi connectivity index (χ0v) is 12.5. The van der Waals surface area contributed by atoms with Crippen LogP contribution < -0.4 is 10.0 Å². The molecule has 1 aromatic rings. The third-order valence-electron chi connectivity index (χ3n) is 2.34. The maximum atomic E-state index is 12.1. The van der Waals surface area contributed by atoms with Crippen molar-refractivity contribution in [1.29, 1.82) is 5.26 Å². The fourth-order valence-corrected chi connectivity index (χ4v) is 3.32. The molecule has 1 aromatic carbocycles. The quantitative estimate of drug-likeness (QED) is 0.707. The van der Waals surface area contributed by atoms with Gasteiger partial charge in [0.2, 0.25) is 15.9 Å². The van der Waals surface area contributed by atoms with E-state index in [0.29, 0.717) is 0 Å². The van der Waals surface area contributed by atoms with Crippen molar-refractivity contribution in [2.24, 2.45) is 0 Å². The van der Waals surface area contributed by atoms with Crippen LogP contribution in [0, 0.1) is 11.3 Å². The summed E-state index contributed by atoms with van der Waals surface area (Å²) in [6, 6.07) is 8.68. The van der Waals surface area contributed by atoms with Gasteiger partial charge < -0.3 is 5.32 Å². The standard InChI is InChI=1S/C12H15N3O3S2/c1-19-9-11(12(16)14-8-7-13)15-20(17,18)10-5-3-2-4-6-10/h2-6,11,15H,8-9H2,1H3,(H,14,16). The van der Waals surface area contributed by atoms with Crippen LogP contribution in [0.3, 0.4) is 0 Å². The highest BCUT2D eigenvalue weighted by Gasteiger charge is 2.24. The zero-order valence-electron chi connectivity index (χ0n) is 10.9. The molecule has 20 heavy (non-hydrogen) atoms. The second-order valence-corrected chi connectivity index (χ2v) is 6.44. The average Bonchev–Trinajstić information content (AvgIpc) is 2.45. The minimum absolute atomic E-state index is 0.0965. The predicted octanol–water partition coefficient (Wildman–Crippen LogP) is 0.336. The highest BCUT2D eigenvalue weighted by atomic mass is 32.2. The molecule has 0 aliphatic heterocycles. The topological polar surface area (TPSA) is 99.1 Å². The van der Waals surface area contributed by atoms with Crippen molar-refractivity contribution in [3.63, 3.8) is 0 Å². The average molecular weight is 313 g/mol. The monoisotopic (exact) mass is 313 g/mol. The lowest BCUT2D eigenvalue weighted by atomic mass is 10.3. The van der Waals surface area contributed by atoms with Crippen LogP contribution in [0.2, 0.25) is 0 Å². The van der Waals surface area contributed by atoms with Crippen LogP contribution in [0.5, 0.6) is 0 Å². The van der Waals surface area contributed by atoms with Gasteiger partial charge in [-0.3, -0.25) is 4.79 Å². The Morgan fingerprint density at radius 2 is 2.05 bits per heavy atom. The Bertz CT molecular complexity index is 582. The molecule has 1 rings (SSSR count). The number of benzene rings is 1. The van der Waals surface area contributed by atoms with Crippen LogP contribution in [0.15, 0.2) is 35.2 Å². The lowest BCUT2D eigenvalue weighted by Crippen LogP contribution is -2.48. The molecule has 0 saturated heterocycles. The van der Waals surface area contributed by atoms with E-state index in [9.17, 15) is 13.2 Å². The van der Waals surface area contributed by atoms with Gasteiger partial charge in [-0.05, 0) is 18.4 Å². The molecule has 0 bridgehead atoms. The van der Waals surface area contributed by atoms with E-state index >= 15 is 0 Å². The van der Waals surface area contributed by atoms with E-state index in [2.05, 4.69) is 10.0 Å². The molecule has 2 N–H and O–H groups in total. The minimum atomic E-state index is -3.76. The molecule has 108 valence electrons. The molecule has 1 unspecified atom stereocenters. The molecule has 0 fully saturated rings. The Morgan fingerprint density at radius 1 is 1.40 bits per heavy atom. The molecule has 0 saturated carbocycles. The summed E-state index contributed by atoms with van der Waals surface area (Å²) >= 11 is 1.34. The van der Waals surface area contributed by atoms with E-state index in [-0.39, 0.29) is 17.2 Å². The molecule has 0 aliphatic rings. The van der Waals surface area contributed by atoms with Crippen LogP contribution in [0.4, 0.5) is 0 Å². The number of nitrogens with zero attached hydrogens (tertiary/aromatic N) is 1. The number of amides is 1. The fraction of sp³-hybridized carbons (Fsp3) is 0.333. The molecule has 1 amide bonds. The molecule has 6 nitrogen and oxygen atoms in total. The second kappa shape index (κ2) is 7.89. The minimum Gasteiger partial charge on any atom is -0.342 e. The molecule has 0 heterocycles. The van der Waals surface area contributed by atoms with Gasteiger partial charge in [-0.2, -0.15) is 21.7 Å². The summed E-state index contributed by atoms with van der Waals surface area (Å²) in [7, 11) is -3.76. The first-order chi connectivity index (χ1) is 9.51. The van der Waals surface area contributed by atoms with Gasteiger partial charge in [0.25, 0.3) is 0 Å². The lowest BCUT2D eigenvalue weighted by molar-refractivity contribution is -0.121. The first-order valence-corrected chi connectivity index (χ1v) is 8.60. The van der Waals surface area contributed by atoms with Crippen molar-refractivity contribution in [3.05, 3.63) is 30.3 Å². The van der Waals surface area contributed by atoms with Gasteiger partial charge in [0.15, 0.2) is 0 Å². The molecule has 0 aliphatic carbocycles. The molecular formula is C12H15N3O3S2. The summed E-state index contributed by atoms with van der Waals surface area (Å²) in [5, 5.41) is 10.8. The summed E-state index contributed by atoms with van der Waals surface area (Å²) in [6.07, 6.45) is 1.77. The Balaban J connectivity index is 2.85. The first kappa shape index (κ1) is 16.5. The van der Waals surface area contributed by atoms with E-state index in [1.54, 1.807) is 30.5 Å². The molecule has 0 radical (unpaired) electrons. The van der Waals surface area contributed by atoms with E-state index in [0.717, 1.165) is 0 Å². The van der Waals surface area contributed by atoms with Gasteiger partial charge >= 0.3 is 0 Å². The first-order valence-electron chi connectivity index (χ1n) is 5.72. The van der Waals surface area contributed by atoms with E-state index < -0.39 is 22.0 Å². The number of carbonyl (C=O) groups excluding carboxylic acids is 1. The van der Waals surface area contributed by atoms with Crippen molar-refractivity contribution in [3.8, 4) is 6.07 Å². The number of thioether (sulfide) groups is 1. The Labute approximate surface area is 122 Å². The van der Waals surface area contributed by atoms with Crippen molar-refractivity contribution in [2.75, 3.05) is 18.6 Å². The summed E-state index contributed by atoms with van der Waals surface area (Å²) < 4.78 is 26.6. The Morgan fingerprint density at radius 3 is 2.60 bits per heavy atom. The number of nitrogens with one attached hydrogen (secondary N) is 2. The van der Waals surface area contributed by atoms with Crippen molar-refractivity contribution in [2.45, 2.75) is 10.9 Å². The van der Waals surface area contributed by atoms with Gasteiger partial charge in [-0.1, -0.05) is 18.2 Å². The zero-order chi connectivity index (χ0) is 15.0. The third-order valence-corrected chi connectivity index (χ3v) is 4.50. The van der Waals surface area contributed by atoms with Crippen molar-refractivity contribution in [1.82, 2.24) is 10.0 Å². The second-order valence-electron chi connectivity index (χ2n) is 3.82. The number of sulfonamides is 1. The Kier molecular flexibility index (Phi) is 6.51. The van der Waals surface area contributed by atoms with Crippen LogP contribution in [0.25, 0.3) is 0 Å². The number of rotatable bonds is 7. The van der Waals surface area contributed by atoms with Gasteiger partial charge in [-0.15, -0.1) is 0 Å². The van der Waals surface area contributed by atoms with Gasteiger partial charge in [-0.25, -0.2) is 8.42 Å². The normalized spacial score (nSPS) is 12.4. The molecule has 0 aromatic heterocycles. The van der Waals surface area contributed by atoms with Crippen molar-refractivity contribution < 1.29 is 13.2 Å². The largest absolute Gasteiger partial charge is 0.342 e. The van der Waals surface area contributed by atoms with Crippen molar-refractivity contribution >= 4 is 27.7 Å². The molecular weight excluding hydrogens is 298 g/mol. The number of carbonyl (C=O) groups is 1. The molecule has 1 atom stereocenters. The Hall–Kier alpha value is -1.56. The maximum absolute atomic E-state index is 12.1. The van der Waals surface area contributed by atoms with Gasteiger partial charge in [0.05, 0.1) is 11.0 Å². The van der Waals surface area contributed by atoms with Gasteiger partial charge in [0, 0.05) is 5.75 Å². The lowest BCUT2D eigenvalue weighted by Gasteiger charge is -2.16. The fourth-order valence-electron chi connectivity index (χ4n) is 1.43. The highest BCUT2D eigenvalue weighted by Crippen LogP contribution is 2.09. The van der Waals surface area contributed by atoms with Crippen LogP contribution in [-0.2, 0) is 14.8 Å².